The van der Waals surface area contributed by atoms with Gasteiger partial charge in [0.15, 0.2) is 0 Å². The Morgan fingerprint density at radius 1 is 0.880 bits per heavy atom. The van der Waals surface area contributed by atoms with Crippen LogP contribution in [0.2, 0.25) is 0 Å². The molecule has 0 saturated heterocycles. The second kappa shape index (κ2) is 24.3. The van der Waals surface area contributed by atoms with Crippen LogP contribution in [0.3, 0.4) is 0 Å². The molecule has 10 heteroatoms. The molecule has 1 saturated carbocycles. The standard InChI is InChI=1S/C20H29N3O2.C20H6.HN3.O2.11H2/c1-19(2,3)12-17(24)22-18-21-15-10-9-13(20(4,5)25)11-16(15)23(18)14-7-6-8-14;1-3-5-7-9-11-13-15-17-19-20-18-16-14-12-10-8-6-4-2;1-3-2;1-2;;;;;;;;;;;/h9-11,14,25H,6-8,12H2,1-5H3,(H,21,22,24);1-2H3;1H;;11*1H. The van der Waals surface area contributed by atoms with Crippen molar-refractivity contribution in [1.29, 1.82) is 5.53 Å². The Morgan fingerprint density at radius 2 is 1.28 bits per heavy atom. The zero-order valence-corrected chi connectivity index (χ0v) is 29.1. The van der Waals surface area contributed by atoms with Crippen LogP contribution < -0.4 is 5.32 Å². The van der Waals surface area contributed by atoms with E-state index in [9.17, 15) is 9.90 Å². The summed E-state index contributed by atoms with van der Waals surface area (Å²) in [5.74, 6) is 46.2. The van der Waals surface area contributed by atoms with E-state index in [1.54, 1.807) is 32.6 Å². The van der Waals surface area contributed by atoms with Crippen molar-refractivity contribution in [1.82, 2.24) is 9.55 Å². The van der Waals surface area contributed by atoms with Gasteiger partial charge in [-0.1, -0.05) is 38.7 Å². The largest absolute Gasteiger partial charge is 0.386 e. The summed E-state index contributed by atoms with van der Waals surface area (Å²) >= 11 is 0. The van der Waals surface area contributed by atoms with Gasteiger partial charge in [-0.05, 0) is 175 Å². The number of amides is 1. The Morgan fingerprint density at radius 3 is 1.60 bits per heavy atom. The van der Waals surface area contributed by atoms with Crippen LogP contribution in [0.5, 0.6) is 0 Å². The van der Waals surface area contributed by atoms with E-state index in [0.717, 1.165) is 29.4 Å². The minimum atomic E-state index is -0.904. The molecule has 1 aromatic carbocycles. The van der Waals surface area contributed by atoms with Gasteiger partial charge in [-0.15, -0.1) is 5.53 Å². The number of benzene rings is 1. The number of rotatable bonds is 4. The fourth-order valence-electron chi connectivity index (χ4n) is 3.79. The Labute approximate surface area is 310 Å². The molecule has 0 unspecified atom stereocenters. The van der Waals surface area contributed by atoms with E-state index in [0.29, 0.717) is 18.4 Å². The second-order valence-corrected chi connectivity index (χ2v) is 11.5. The molecule has 1 aliphatic carbocycles. The lowest BCUT2D eigenvalue weighted by Gasteiger charge is -2.29. The smallest absolute Gasteiger partial charge is 0.227 e. The molecule has 10 nitrogen and oxygen atoms in total. The maximum absolute atomic E-state index is 12.4. The first-order valence-electron chi connectivity index (χ1n) is 14.9. The number of carbonyl (C=O) groups is 1. The van der Waals surface area contributed by atoms with Gasteiger partial charge in [0, 0.05) is 38.1 Å². The molecule has 1 aliphatic rings. The predicted octanol–water partition coefficient (Wildman–Crippen LogP) is 9.07. The molecule has 3 rings (SSSR count). The monoisotopic (exact) mass is 686 g/mol. The number of fused-ring (bicyclic) bond motifs is 1. The molecule has 0 spiro atoms. The first kappa shape index (κ1) is 43.1. The van der Waals surface area contributed by atoms with E-state index in [4.69, 9.17) is 21.0 Å². The number of imidazole rings is 1. The fourth-order valence-corrected chi connectivity index (χ4v) is 3.79. The number of anilines is 1. The lowest BCUT2D eigenvalue weighted by Crippen LogP contribution is -2.24. The van der Waals surface area contributed by atoms with Crippen LogP contribution in [0.4, 0.5) is 5.95 Å². The van der Waals surface area contributed by atoms with E-state index < -0.39 is 5.60 Å². The highest BCUT2D eigenvalue weighted by atomic mass is 16.7. The lowest BCUT2D eigenvalue weighted by molar-refractivity contribution is -0.117. The van der Waals surface area contributed by atoms with Gasteiger partial charge in [0.2, 0.25) is 11.9 Å². The van der Waals surface area contributed by atoms with E-state index in [1.165, 1.54) is 6.42 Å². The Balaban J connectivity index is -0.0000000620. The van der Waals surface area contributed by atoms with E-state index in [1.807, 2.05) is 18.2 Å². The summed E-state index contributed by atoms with van der Waals surface area (Å²) in [4.78, 5) is 32.8. The summed E-state index contributed by atoms with van der Waals surface area (Å²) in [5, 5.41) is 13.3. The van der Waals surface area contributed by atoms with Gasteiger partial charge in [0.1, 0.15) is 0 Å². The molecule has 1 amide bonds. The third kappa shape index (κ3) is 18.3. The number of nitrogens with zero attached hydrogens (tertiary/aromatic N) is 4. The summed E-state index contributed by atoms with van der Waals surface area (Å²) in [5.41, 5.74) is 14.0. The van der Waals surface area contributed by atoms with Crippen LogP contribution >= 0.6 is 0 Å². The van der Waals surface area contributed by atoms with Crippen molar-refractivity contribution in [3.8, 4) is 107 Å². The van der Waals surface area contributed by atoms with Crippen LogP contribution in [0, 0.1) is 127 Å². The predicted molar refractivity (Wildman–Crippen MR) is 221 cm³/mol. The molecule has 50 heavy (non-hydrogen) atoms. The SMILES string of the molecule is CC#CC#CC#CC#CC#CC#CC#CC#CC#CC.CC(C)(C)CC(=O)Nc1nc2ccc(C(C)(C)O)cc2n1C1CCC1.O=O.[HH].[HH].[HH].[HH].[HH].[HH].[HH].[HH].[HH].[HH].[HH].[N-]=[N+]=N. The van der Waals surface area contributed by atoms with Crippen molar-refractivity contribution >= 4 is 22.9 Å². The lowest BCUT2D eigenvalue weighted by atomic mass is 9.92. The highest BCUT2D eigenvalue weighted by Gasteiger charge is 2.27. The molecular formula is C40H58N6O4. The Hall–Kier alpha value is -6.93. The van der Waals surface area contributed by atoms with Crippen LogP contribution in [-0.2, 0) is 10.4 Å². The summed E-state index contributed by atoms with van der Waals surface area (Å²) in [6.45, 7) is 13.1. The van der Waals surface area contributed by atoms with Gasteiger partial charge >= 0.3 is 0 Å². The maximum atomic E-state index is 12.4. The number of aliphatic hydroxyl groups is 1. The molecule has 1 aromatic heterocycles. The third-order valence-corrected chi connectivity index (χ3v) is 5.97. The van der Waals surface area contributed by atoms with Gasteiger partial charge < -0.3 is 9.67 Å². The van der Waals surface area contributed by atoms with Crippen LogP contribution in [-0.4, -0.2) is 20.6 Å². The van der Waals surface area contributed by atoms with Crippen LogP contribution in [0.15, 0.2) is 18.2 Å². The maximum Gasteiger partial charge on any atom is 0.227 e. The van der Waals surface area contributed by atoms with Crippen LogP contribution in [0.1, 0.15) is 101 Å². The first-order chi connectivity index (χ1) is 23.9. The molecule has 1 heterocycles. The number of hydrogen-bond acceptors (Lipinski definition) is 6. The summed E-state index contributed by atoms with van der Waals surface area (Å²) in [6.07, 6.45) is 3.85. The fraction of sp³-hybridized carbons (Fsp3) is 0.350. The van der Waals surface area contributed by atoms with Gasteiger partial charge in [-0.2, -0.15) is 0 Å². The molecule has 0 bridgehead atoms. The molecular weight excluding hydrogens is 628 g/mol. The van der Waals surface area contributed by atoms with Crippen molar-refractivity contribution in [3.63, 3.8) is 0 Å². The average molecular weight is 687 g/mol. The quantitative estimate of drug-likeness (QED) is 0.126. The summed E-state index contributed by atoms with van der Waals surface area (Å²) in [7, 11) is 0. The number of hydrogen-bond donors (Lipinski definition) is 3. The van der Waals surface area contributed by atoms with E-state index >= 15 is 0 Å². The molecule has 0 aliphatic heterocycles. The topological polar surface area (TPSA) is 162 Å². The second-order valence-electron chi connectivity index (χ2n) is 11.5. The Kier molecular flexibility index (Phi) is 20.9. The third-order valence-electron chi connectivity index (χ3n) is 5.97. The van der Waals surface area contributed by atoms with Crippen molar-refractivity contribution in [3.05, 3.63) is 44.1 Å². The Bertz CT molecular complexity index is 2080. The zero-order valence-electron chi connectivity index (χ0n) is 29.1. The summed E-state index contributed by atoms with van der Waals surface area (Å²) in [6, 6.07) is 6.20. The molecule has 3 N–H and O–H groups in total. The van der Waals surface area contributed by atoms with Gasteiger partial charge in [0.05, 0.1) is 16.6 Å². The highest BCUT2D eigenvalue weighted by molar-refractivity contribution is 5.92. The van der Waals surface area contributed by atoms with Crippen molar-refractivity contribution in [2.45, 2.75) is 85.8 Å². The zero-order chi connectivity index (χ0) is 37.8. The molecule has 0 atom stereocenters. The van der Waals surface area contributed by atoms with Gasteiger partial charge in [0.25, 0.3) is 0 Å². The van der Waals surface area contributed by atoms with Gasteiger partial charge in [-0.25, -0.2) is 4.98 Å². The van der Waals surface area contributed by atoms with Crippen molar-refractivity contribution < 1.29 is 25.6 Å². The number of carbonyl (C=O) groups excluding carboxylic acids is 1. The first-order valence-corrected chi connectivity index (χ1v) is 14.9. The molecule has 1 fully saturated rings. The van der Waals surface area contributed by atoms with Crippen LogP contribution in [0.25, 0.3) is 21.5 Å². The normalized spacial score (nSPS) is 9.84. The van der Waals surface area contributed by atoms with E-state index in [2.05, 4.69) is 142 Å². The highest BCUT2D eigenvalue weighted by Crippen LogP contribution is 2.38. The minimum absolute atomic E-state index is 0. The van der Waals surface area contributed by atoms with Gasteiger partial charge in [-0.3, -0.25) is 10.1 Å². The average Bonchev–Trinajstić information content (AvgIpc) is 3.36. The van der Waals surface area contributed by atoms with Crippen molar-refractivity contribution in [2.24, 2.45) is 5.41 Å². The molecule has 272 valence electrons. The summed E-state index contributed by atoms with van der Waals surface area (Å²) < 4.78 is 2.15. The van der Waals surface area contributed by atoms with E-state index in [-0.39, 0.29) is 27.0 Å². The number of aromatic nitrogens is 2. The minimum Gasteiger partial charge on any atom is -0.386 e. The molecule has 2 aromatic rings. The van der Waals surface area contributed by atoms with Crippen molar-refractivity contribution in [2.75, 3.05) is 5.32 Å². The molecule has 0 radical (unpaired) electrons. The number of nitrogens with one attached hydrogen (secondary N) is 2.